The number of amides is 1. The molecule has 0 radical (unpaired) electrons. The van der Waals surface area contributed by atoms with E-state index in [1.807, 2.05) is 20.8 Å². The van der Waals surface area contributed by atoms with Gasteiger partial charge in [0, 0.05) is 12.6 Å². The topological polar surface area (TPSA) is 50.4 Å². The molecular formula is C17H34N2O2. The molecule has 1 atom stereocenters. The first-order valence-corrected chi connectivity index (χ1v) is 8.50. The fourth-order valence-corrected chi connectivity index (χ4v) is 2.77. The maximum absolute atomic E-state index is 11.8. The van der Waals surface area contributed by atoms with Crippen LogP contribution in [0, 0.1) is 11.8 Å². The summed E-state index contributed by atoms with van der Waals surface area (Å²) in [6.07, 6.45) is 5.99. The Balaban J connectivity index is 2.20. The van der Waals surface area contributed by atoms with Crippen LogP contribution in [0.15, 0.2) is 0 Å². The van der Waals surface area contributed by atoms with E-state index in [1.165, 1.54) is 25.7 Å². The number of hydrogen-bond donors (Lipinski definition) is 2. The van der Waals surface area contributed by atoms with Gasteiger partial charge in [0.15, 0.2) is 0 Å². The van der Waals surface area contributed by atoms with Crippen molar-refractivity contribution in [3.8, 4) is 0 Å². The molecule has 1 rings (SSSR count). The second kappa shape index (κ2) is 8.62. The Bertz CT molecular complexity index is 304. The highest BCUT2D eigenvalue weighted by Gasteiger charge is 2.20. The molecule has 4 nitrogen and oxygen atoms in total. The maximum atomic E-state index is 11.8. The van der Waals surface area contributed by atoms with Crippen molar-refractivity contribution in [2.24, 2.45) is 11.8 Å². The van der Waals surface area contributed by atoms with Crippen molar-refractivity contribution >= 4 is 6.09 Å². The lowest BCUT2D eigenvalue weighted by Crippen LogP contribution is -2.44. The standard InChI is InChI=1S/C17H34N2O2/c1-6-15(19-16(20)21-17(3,4)5)12-18-11-14-9-7-13(2)8-10-14/h13-15,18H,6-12H2,1-5H3,(H,19,20). The third kappa shape index (κ3) is 8.30. The summed E-state index contributed by atoms with van der Waals surface area (Å²) in [6, 6.07) is 0.141. The zero-order valence-electron chi connectivity index (χ0n) is 14.5. The minimum Gasteiger partial charge on any atom is -0.444 e. The van der Waals surface area contributed by atoms with E-state index in [0.29, 0.717) is 0 Å². The summed E-state index contributed by atoms with van der Waals surface area (Å²) in [6.45, 7) is 12.0. The van der Waals surface area contributed by atoms with E-state index in [0.717, 1.165) is 31.3 Å². The van der Waals surface area contributed by atoms with Gasteiger partial charge in [0.1, 0.15) is 5.60 Å². The van der Waals surface area contributed by atoms with Crippen LogP contribution in [0.25, 0.3) is 0 Å². The first-order chi connectivity index (χ1) is 9.80. The van der Waals surface area contributed by atoms with Gasteiger partial charge in [-0.05, 0) is 58.4 Å². The van der Waals surface area contributed by atoms with Crippen LogP contribution in [0.2, 0.25) is 0 Å². The second-order valence-electron chi connectivity index (χ2n) is 7.54. The Kier molecular flexibility index (Phi) is 7.50. The molecule has 124 valence electrons. The lowest BCUT2D eigenvalue weighted by molar-refractivity contribution is 0.0502. The predicted molar refractivity (Wildman–Crippen MR) is 87.4 cm³/mol. The number of nitrogens with one attached hydrogen (secondary N) is 2. The largest absolute Gasteiger partial charge is 0.444 e. The minimum absolute atomic E-state index is 0.141. The van der Waals surface area contributed by atoms with Gasteiger partial charge in [-0.1, -0.05) is 26.7 Å². The molecule has 0 aliphatic heterocycles. The van der Waals surface area contributed by atoms with E-state index in [2.05, 4.69) is 24.5 Å². The minimum atomic E-state index is -0.436. The van der Waals surface area contributed by atoms with Crippen molar-refractivity contribution in [3.63, 3.8) is 0 Å². The summed E-state index contributed by atoms with van der Waals surface area (Å²) in [4.78, 5) is 11.8. The Morgan fingerprint density at radius 2 is 1.86 bits per heavy atom. The van der Waals surface area contributed by atoms with Crippen molar-refractivity contribution in [1.82, 2.24) is 10.6 Å². The number of rotatable bonds is 6. The second-order valence-corrected chi connectivity index (χ2v) is 7.54. The molecule has 0 spiro atoms. The number of hydrogen-bond acceptors (Lipinski definition) is 3. The molecule has 21 heavy (non-hydrogen) atoms. The molecule has 1 unspecified atom stereocenters. The molecule has 0 saturated heterocycles. The summed E-state index contributed by atoms with van der Waals surface area (Å²) in [5.74, 6) is 1.71. The first-order valence-electron chi connectivity index (χ1n) is 8.50. The average molecular weight is 298 g/mol. The molecule has 1 saturated carbocycles. The fraction of sp³-hybridized carbons (Fsp3) is 0.941. The molecule has 2 N–H and O–H groups in total. The lowest BCUT2D eigenvalue weighted by Gasteiger charge is -2.27. The molecule has 1 amide bonds. The molecule has 0 bridgehead atoms. The first kappa shape index (κ1) is 18.3. The van der Waals surface area contributed by atoms with Gasteiger partial charge in [-0.25, -0.2) is 4.79 Å². The van der Waals surface area contributed by atoms with Crippen molar-refractivity contribution in [2.45, 2.75) is 78.4 Å². The Hall–Kier alpha value is -0.770. The lowest BCUT2D eigenvalue weighted by atomic mass is 9.83. The summed E-state index contributed by atoms with van der Waals surface area (Å²) < 4.78 is 5.30. The van der Waals surface area contributed by atoms with Crippen LogP contribution in [0.5, 0.6) is 0 Å². The van der Waals surface area contributed by atoms with Gasteiger partial charge in [0.25, 0.3) is 0 Å². The highest BCUT2D eigenvalue weighted by molar-refractivity contribution is 5.68. The quantitative estimate of drug-likeness (QED) is 0.786. The molecule has 4 heteroatoms. The SMILES string of the molecule is CCC(CNCC1CCC(C)CC1)NC(=O)OC(C)(C)C. The van der Waals surface area contributed by atoms with Crippen LogP contribution in [0.3, 0.4) is 0 Å². The van der Waals surface area contributed by atoms with E-state index in [-0.39, 0.29) is 12.1 Å². The van der Waals surface area contributed by atoms with Crippen molar-refractivity contribution in [2.75, 3.05) is 13.1 Å². The van der Waals surface area contributed by atoms with E-state index in [1.54, 1.807) is 0 Å². The molecular weight excluding hydrogens is 264 g/mol. The highest BCUT2D eigenvalue weighted by Crippen LogP contribution is 2.27. The van der Waals surface area contributed by atoms with Gasteiger partial charge in [-0.2, -0.15) is 0 Å². The predicted octanol–water partition coefficient (Wildman–Crippen LogP) is 3.71. The summed E-state index contributed by atoms with van der Waals surface area (Å²) in [5, 5.41) is 6.46. The van der Waals surface area contributed by atoms with Gasteiger partial charge in [-0.3, -0.25) is 0 Å². The van der Waals surface area contributed by atoms with Crippen molar-refractivity contribution < 1.29 is 9.53 Å². The third-order valence-corrected chi connectivity index (χ3v) is 4.17. The van der Waals surface area contributed by atoms with Crippen molar-refractivity contribution in [3.05, 3.63) is 0 Å². The van der Waals surface area contributed by atoms with Gasteiger partial charge >= 0.3 is 6.09 Å². The molecule has 1 aliphatic carbocycles. The number of carbonyl (C=O) groups excluding carboxylic acids is 1. The van der Waals surface area contributed by atoms with E-state index in [9.17, 15) is 4.79 Å². The monoisotopic (exact) mass is 298 g/mol. The highest BCUT2D eigenvalue weighted by atomic mass is 16.6. The molecule has 1 fully saturated rings. The van der Waals surface area contributed by atoms with Crippen LogP contribution >= 0.6 is 0 Å². The van der Waals surface area contributed by atoms with E-state index in [4.69, 9.17) is 4.74 Å². The Morgan fingerprint density at radius 3 is 2.38 bits per heavy atom. The average Bonchev–Trinajstić information content (AvgIpc) is 2.37. The van der Waals surface area contributed by atoms with Crippen LogP contribution in [-0.2, 0) is 4.74 Å². The normalized spacial score (nSPS) is 24.4. The van der Waals surface area contributed by atoms with Crippen LogP contribution in [0.1, 0.15) is 66.7 Å². The maximum Gasteiger partial charge on any atom is 0.407 e. The molecule has 1 aliphatic rings. The molecule has 0 aromatic carbocycles. The summed E-state index contributed by atoms with van der Waals surface area (Å²) in [7, 11) is 0. The van der Waals surface area contributed by atoms with E-state index >= 15 is 0 Å². The van der Waals surface area contributed by atoms with Crippen LogP contribution in [-0.4, -0.2) is 30.8 Å². The molecule has 0 heterocycles. The Morgan fingerprint density at radius 1 is 1.24 bits per heavy atom. The fourth-order valence-electron chi connectivity index (χ4n) is 2.77. The van der Waals surface area contributed by atoms with Gasteiger partial charge in [0.2, 0.25) is 0 Å². The molecule has 0 aromatic rings. The number of carbonyl (C=O) groups is 1. The van der Waals surface area contributed by atoms with Gasteiger partial charge in [-0.15, -0.1) is 0 Å². The summed E-state index contributed by atoms with van der Waals surface area (Å²) >= 11 is 0. The van der Waals surface area contributed by atoms with Crippen LogP contribution in [0.4, 0.5) is 4.79 Å². The zero-order valence-corrected chi connectivity index (χ0v) is 14.5. The number of ether oxygens (including phenoxy) is 1. The van der Waals surface area contributed by atoms with Gasteiger partial charge in [0.05, 0.1) is 0 Å². The van der Waals surface area contributed by atoms with Crippen molar-refractivity contribution in [1.29, 1.82) is 0 Å². The summed E-state index contributed by atoms with van der Waals surface area (Å²) in [5.41, 5.74) is -0.436. The number of alkyl carbamates (subject to hydrolysis) is 1. The Labute approximate surface area is 130 Å². The zero-order chi connectivity index (χ0) is 15.9. The van der Waals surface area contributed by atoms with Crippen LogP contribution < -0.4 is 10.6 Å². The van der Waals surface area contributed by atoms with E-state index < -0.39 is 5.60 Å². The molecule has 0 aromatic heterocycles. The third-order valence-electron chi connectivity index (χ3n) is 4.17. The smallest absolute Gasteiger partial charge is 0.407 e. The van der Waals surface area contributed by atoms with Gasteiger partial charge < -0.3 is 15.4 Å².